The molecule has 0 N–H and O–H groups in total. The van der Waals surface area contributed by atoms with Gasteiger partial charge >= 0.3 is 5.97 Å². The van der Waals surface area contributed by atoms with Crippen LogP contribution in [0, 0.1) is 6.92 Å². The van der Waals surface area contributed by atoms with Crippen molar-refractivity contribution in [2.24, 2.45) is 0 Å². The molecule has 0 aliphatic carbocycles. The maximum Gasteiger partial charge on any atom is 0.379 e. The molecule has 2 aromatic rings. The number of benzene rings is 2. The van der Waals surface area contributed by atoms with E-state index in [1.54, 1.807) is 0 Å². The number of hydrogen-bond acceptors (Lipinski definition) is 3. The van der Waals surface area contributed by atoms with Crippen LogP contribution in [0.5, 0.6) is 0 Å². The Morgan fingerprint density at radius 1 is 1.00 bits per heavy atom. The van der Waals surface area contributed by atoms with Gasteiger partial charge in [0.2, 0.25) is 5.76 Å². The van der Waals surface area contributed by atoms with Crippen LogP contribution in [0.4, 0.5) is 0 Å². The Labute approximate surface area is 117 Å². The molecule has 1 aliphatic rings. The number of aryl methyl sites for hydroxylation is 1. The molecule has 100 valence electrons. The monoisotopic (exact) mass is 266 g/mol. The summed E-state index contributed by atoms with van der Waals surface area (Å²) in [5, 5.41) is 0. The first-order chi connectivity index (χ1) is 9.58. The number of ketones is 1. The molecule has 0 aromatic heterocycles. The number of carbonyl (C=O) groups is 2. The molecular formula is C17H14O3. The molecule has 0 atom stereocenters. The van der Waals surface area contributed by atoms with Crippen molar-refractivity contribution in [2.45, 2.75) is 6.92 Å². The Kier molecular flexibility index (Phi) is 4.11. The molecule has 0 bridgehead atoms. The molecule has 1 aliphatic heterocycles. The van der Waals surface area contributed by atoms with Crippen LogP contribution in [0.25, 0.3) is 0 Å². The highest BCUT2D eigenvalue weighted by Crippen LogP contribution is 2.12. The standard InChI is InChI=1S/C14H12O.C3H2O2/c1-11-6-5-9-13(10-11)14(15)12-7-3-2-4-8-12;1-2-3(4)5-2/h2-10H,1H3;1H2. The van der Waals surface area contributed by atoms with Crippen LogP contribution in [-0.2, 0) is 9.53 Å². The van der Waals surface area contributed by atoms with Gasteiger partial charge in [0.1, 0.15) is 0 Å². The van der Waals surface area contributed by atoms with Crippen LogP contribution in [0.15, 0.2) is 66.9 Å². The zero-order valence-electron chi connectivity index (χ0n) is 11.1. The lowest BCUT2D eigenvalue weighted by Gasteiger charge is -2.01. The van der Waals surface area contributed by atoms with E-state index in [0.717, 1.165) is 16.7 Å². The van der Waals surface area contributed by atoms with Crippen LogP contribution in [0.3, 0.4) is 0 Å². The van der Waals surface area contributed by atoms with Crippen LogP contribution < -0.4 is 0 Å². The van der Waals surface area contributed by atoms with Crippen molar-refractivity contribution in [3.05, 3.63) is 83.6 Å². The maximum absolute atomic E-state index is 12.0. The minimum atomic E-state index is -0.273. The first-order valence-corrected chi connectivity index (χ1v) is 6.15. The molecular weight excluding hydrogens is 252 g/mol. The van der Waals surface area contributed by atoms with E-state index in [2.05, 4.69) is 11.3 Å². The van der Waals surface area contributed by atoms with Crippen LogP contribution in [0.2, 0.25) is 0 Å². The average molecular weight is 266 g/mol. The van der Waals surface area contributed by atoms with Gasteiger partial charge in [0.05, 0.1) is 0 Å². The van der Waals surface area contributed by atoms with Crippen molar-refractivity contribution in [3.63, 3.8) is 0 Å². The third-order valence-corrected chi connectivity index (χ3v) is 2.72. The molecule has 20 heavy (non-hydrogen) atoms. The lowest BCUT2D eigenvalue weighted by molar-refractivity contribution is -0.117. The average Bonchev–Trinajstić information content (AvgIpc) is 3.12. The van der Waals surface area contributed by atoms with Gasteiger partial charge in [-0.2, -0.15) is 0 Å². The van der Waals surface area contributed by atoms with E-state index in [4.69, 9.17) is 0 Å². The molecule has 0 radical (unpaired) electrons. The maximum atomic E-state index is 12.0. The van der Waals surface area contributed by atoms with Crippen molar-refractivity contribution in [2.75, 3.05) is 0 Å². The summed E-state index contributed by atoms with van der Waals surface area (Å²) in [6, 6.07) is 17.0. The summed E-state index contributed by atoms with van der Waals surface area (Å²) in [5.74, 6) is 0.0919. The first-order valence-electron chi connectivity index (χ1n) is 6.15. The van der Waals surface area contributed by atoms with Crippen LogP contribution in [-0.4, -0.2) is 11.8 Å². The van der Waals surface area contributed by atoms with Crippen LogP contribution in [0.1, 0.15) is 21.5 Å². The Morgan fingerprint density at radius 3 is 2.05 bits per heavy atom. The number of epoxide rings is 1. The summed E-state index contributed by atoms with van der Waals surface area (Å²) < 4.78 is 4.08. The van der Waals surface area contributed by atoms with E-state index in [9.17, 15) is 9.59 Å². The Hall–Kier alpha value is -2.68. The van der Waals surface area contributed by atoms with Crippen LogP contribution >= 0.6 is 0 Å². The summed E-state index contributed by atoms with van der Waals surface area (Å²) in [7, 11) is 0. The molecule has 3 heteroatoms. The normalized spacial score (nSPS) is 12.1. The third-order valence-electron chi connectivity index (χ3n) is 2.72. The molecule has 3 nitrogen and oxygen atoms in total. The molecule has 0 amide bonds. The van der Waals surface area contributed by atoms with Gasteiger partial charge in [0, 0.05) is 11.1 Å². The van der Waals surface area contributed by atoms with Crippen molar-refractivity contribution < 1.29 is 14.3 Å². The summed E-state index contributed by atoms with van der Waals surface area (Å²) in [6.07, 6.45) is 0. The predicted octanol–water partition coefficient (Wildman–Crippen LogP) is 3.28. The molecule has 0 saturated carbocycles. The Bertz CT molecular complexity index is 645. The van der Waals surface area contributed by atoms with E-state index >= 15 is 0 Å². The topological polar surface area (TPSA) is 46.7 Å². The van der Waals surface area contributed by atoms with E-state index in [1.165, 1.54) is 0 Å². The van der Waals surface area contributed by atoms with Crippen molar-refractivity contribution >= 4 is 11.8 Å². The highest BCUT2D eigenvalue weighted by Gasteiger charge is 2.26. The molecule has 1 saturated heterocycles. The highest BCUT2D eigenvalue weighted by atomic mass is 16.6. The van der Waals surface area contributed by atoms with Gasteiger partial charge in [0.15, 0.2) is 5.78 Å². The zero-order valence-corrected chi connectivity index (χ0v) is 11.1. The molecule has 1 fully saturated rings. The number of hydrogen-bond donors (Lipinski definition) is 0. The van der Waals surface area contributed by atoms with Gasteiger partial charge in [-0.25, -0.2) is 4.79 Å². The van der Waals surface area contributed by atoms with Gasteiger partial charge in [-0.05, 0) is 19.6 Å². The van der Waals surface area contributed by atoms with Crippen molar-refractivity contribution in [1.82, 2.24) is 0 Å². The summed E-state index contributed by atoms with van der Waals surface area (Å²) in [5.41, 5.74) is 2.60. The molecule has 0 unspecified atom stereocenters. The van der Waals surface area contributed by atoms with Crippen molar-refractivity contribution in [3.8, 4) is 0 Å². The van der Waals surface area contributed by atoms with E-state index in [0.29, 0.717) is 0 Å². The fraction of sp³-hybridized carbons (Fsp3) is 0.0588. The van der Waals surface area contributed by atoms with E-state index in [-0.39, 0.29) is 17.5 Å². The third kappa shape index (κ3) is 3.65. The predicted molar refractivity (Wildman–Crippen MR) is 76.3 cm³/mol. The van der Waals surface area contributed by atoms with Gasteiger partial charge in [-0.1, -0.05) is 54.1 Å². The highest BCUT2D eigenvalue weighted by molar-refractivity contribution is 6.09. The first kappa shape index (κ1) is 13.7. The zero-order chi connectivity index (χ0) is 14.5. The van der Waals surface area contributed by atoms with Gasteiger partial charge in [-0.3, -0.25) is 4.79 Å². The number of carbonyl (C=O) groups excluding carboxylic acids is 2. The fourth-order valence-corrected chi connectivity index (χ4v) is 1.63. The second-order valence-electron chi connectivity index (χ2n) is 4.38. The van der Waals surface area contributed by atoms with Gasteiger partial charge in [0.25, 0.3) is 0 Å². The summed E-state index contributed by atoms with van der Waals surface area (Å²) >= 11 is 0. The fourth-order valence-electron chi connectivity index (χ4n) is 1.63. The molecule has 0 spiro atoms. The lowest BCUT2D eigenvalue weighted by atomic mass is 10.0. The summed E-state index contributed by atoms with van der Waals surface area (Å²) in [4.78, 5) is 21.6. The largest absolute Gasteiger partial charge is 0.414 e. The SMILES string of the molecule is C=C1OC1=O.Cc1cccc(C(=O)c2ccccc2)c1. The minimum absolute atomic E-state index is 0.0827. The Morgan fingerprint density at radius 2 is 1.55 bits per heavy atom. The quantitative estimate of drug-likeness (QED) is 0.476. The summed E-state index contributed by atoms with van der Waals surface area (Å²) in [6.45, 7) is 5.16. The van der Waals surface area contributed by atoms with Gasteiger partial charge in [-0.15, -0.1) is 0 Å². The number of cyclic esters (lactones) is 1. The Balaban J connectivity index is 0.000000247. The second-order valence-corrected chi connectivity index (χ2v) is 4.38. The lowest BCUT2D eigenvalue weighted by Crippen LogP contribution is -2.00. The van der Waals surface area contributed by atoms with Crippen molar-refractivity contribution in [1.29, 1.82) is 0 Å². The number of rotatable bonds is 2. The van der Waals surface area contributed by atoms with Gasteiger partial charge < -0.3 is 4.74 Å². The van der Waals surface area contributed by atoms with E-state index < -0.39 is 0 Å². The smallest absolute Gasteiger partial charge is 0.379 e. The molecule has 1 heterocycles. The second kappa shape index (κ2) is 5.97. The molecule has 2 aromatic carbocycles. The van der Waals surface area contributed by atoms with E-state index in [1.807, 2.05) is 61.5 Å². The minimum Gasteiger partial charge on any atom is -0.414 e. The molecule has 3 rings (SSSR count). The number of ether oxygens (including phenoxy) is 1.